The highest BCUT2D eigenvalue weighted by molar-refractivity contribution is 5.75. The zero-order valence-electron chi connectivity index (χ0n) is 10.8. The molecule has 0 radical (unpaired) electrons. The molecule has 1 rings (SSSR count). The number of carbonyl (C=O) groups is 1. The summed E-state index contributed by atoms with van der Waals surface area (Å²) in [7, 11) is 0. The van der Waals surface area contributed by atoms with Crippen LogP contribution in [0.2, 0.25) is 0 Å². The summed E-state index contributed by atoms with van der Waals surface area (Å²) in [4.78, 5) is 11.8. The van der Waals surface area contributed by atoms with Crippen molar-refractivity contribution in [3.63, 3.8) is 0 Å². The number of ether oxygens (including phenoxy) is 1. The summed E-state index contributed by atoms with van der Waals surface area (Å²) in [6.07, 6.45) is -0.723. The maximum absolute atomic E-state index is 11.8. The summed E-state index contributed by atoms with van der Waals surface area (Å²) in [6.45, 7) is 7.36. The van der Waals surface area contributed by atoms with E-state index in [9.17, 15) is 9.90 Å². The highest BCUT2D eigenvalue weighted by Crippen LogP contribution is 2.26. The van der Waals surface area contributed by atoms with Gasteiger partial charge in [0.15, 0.2) is 0 Å². The lowest BCUT2D eigenvalue weighted by atomic mass is 9.82. The number of aliphatic hydroxyl groups excluding tert-OH is 1. The Hall–Kier alpha value is -1.35. The third-order valence-electron chi connectivity index (χ3n) is 2.69. The molecule has 0 saturated carbocycles. The smallest absolute Gasteiger partial charge is 0.316 e. The predicted octanol–water partition coefficient (Wildman–Crippen LogP) is 2.64. The van der Waals surface area contributed by atoms with Crippen molar-refractivity contribution < 1.29 is 14.6 Å². The molecular formula is C14H20O3. The van der Waals surface area contributed by atoms with Gasteiger partial charge in [-0.2, -0.15) is 0 Å². The number of hydrogen-bond donors (Lipinski definition) is 1. The first-order chi connectivity index (χ1) is 7.82. The maximum Gasteiger partial charge on any atom is 0.316 e. The molecule has 1 aromatic rings. The van der Waals surface area contributed by atoms with Crippen molar-refractivity contribution in [2.24, 2.45) is 11.3 Å². The zero-order chi connectivity index (χ0) is 13.1. The SMILES string of the molecule is C[C@@H](C(=O)Oc1ccccc1)[C@H](O)C(C)(C)C. The van der Waals surface area contributed by atoms with Crippen molar-refractivity contribution in [1.82, 2.24) is 0 Å². The summed E-state index contributed by atoms with van der Waals surface area (Å²) < 4.78 is 5.19. The second-order valence-corrected chi connectivity index (χ2v) is 5.33. The van der Waals surface area contributed by atoms with Crippen molar-refractivity contribution in [1.29, 1.82) is 0 Å². The van der Waals surface area contributed by atoms with Gasteiger partial charge in [-0.05, 0) is 24.5 Å². The van der Waals surface area contributed by atoms with Gasteiger partial charge in [-0.25, -0.2) is 0 Å². The molecule has 0 amide bonds. The summed E-state index contributed by atoms with van der Waals surface area (Å²) >= 11 is 0. The summed E-state index contributed by atoms with van der Waals surface area (Å²) in [5.41, 5.74) is -0.338. The topological polar surface area (TPSA) is 46.5 Å². The average molecular weight is 236 g/mol. The van der Waals surface area contributed by atoms with Gasteiger partial charge < -0.3 is 9.84 Å². The summed E-state index contributed by atoms with van der Waals surface area (Å²) in [5.74, 6) is -0.445. The summed E-state index contributed by atoms with van der Waals surface area (Å²) in [5, 5.41) is 10.0. The lowest BCUT2D eigenvalue weighted by molar-refractivity contribution is -0.144. The van der Waals surface area contributed by atoms with E-state index in [4.69, 9.17) is 4.74 Å². The lowest BCUT2D eigenvalue weighted by Gasteiger charge is -2.29. The van der Waals surface area contributed by atoms with E-state index in [0.29, 0.717) is 5.75 Å². The van der Waals surface area contributed by atoms with Crippen LogP contribution < -0.4 is 4.74 Å². The Morgan fingerprint density at radius 3 is 2.24 bits per heavy atom. The minimum atomic E-state index is -0.723. The van der Waals surface area contributed by atoms with Gasteiger partial charge in [0.05, 0.1) is 12.0 Å². The molecule has 1 aromatic carbocycles. The molecule has 2 atom stereocenters. The van der Waals surface area contributed by atoms with Crippen molar-refractivity contribution in [2.45, 2.75) is 33.8 Å². The van der Waals surface area contributed by atoms with Crippen molar-refractivity contribution >= 4 is 5.97 Å². The fraction of sp³-hybridized carbons (Fsp3) is 0.500. The van der Waals surface area contributed by atoms with Crippen LogP contribution in [0.5, 0.6) is 5.75 Å². The minimum absolute atomic E-state index is 0.338. The van der Waals surface area contributed by atoms with Crippen LogP contribution >= 0.6 is 0 Å². The van der Waals surface area contributed by atoms with Gasteiger partial charge in [-0.1, -0.05) is 39.0 Å². The standard InChI is InChI=1S/C14H20O3/c1-10(12(15)14(2,3)4)13(16)17-11-8-6-5-7-9-11/h5-10,12,15H,1-4H3/t10-,12+/m1/s1. The Kier molecular flexibility index (Phi) is 4.29. The molecule has 0 heterocycles. The first-order valence-electron chi connectivity index (χ1n) is 5.77. The van der Waals surface area contributed by atoms with Gasteiger partial charge >= 0.3 is 5.97 Å². The molecular weight excluding hydrogens is 216 g/mol. The molecule has 0 aromatic heterocycles. The highest BCUT2D eigenvalue weighted by atomic mass is 16.5. The molecule has 17 heavy (non-hydrogen) atoms. The van der Waals surface area contributed by atoms with Gasteiger partial charge in [0.1, 0.15) is 5.75 Å². The van der Waals surface area contributed by atoms with Crippen LogP contribution in [0.1, 0.15) is 27.7 Å². The second kappa shape index (κ2) is 5.32. The normalized spacial score (nSPS) is 15.1. The van der Waals surface area contributed by atoms with Crippen molar-refractivity contribution in [3.05, 3.63) is 30.3 Å². The number of carbonyl (C=O) groups excluding carboxylic acids is 1. The largest absolute Gasteiger partial charge is 0.426 e. The molecule has 0 aliphatic heterocycles. The van der Waals surface area contributed by atoms with E-state index < -0.39 is 18.0 Å². The molecule has 1 N–H and O–H groups in total. The molecule has 0 spiro atoms. The quantitative estimate of drug-likeness (QED) is 0.648. The van der Waals surface area contributed by atoms with Gasteiger partial charge in [-0.15, -0.1) is 0 Å². The first kappa shape index (κ1) is 13.7. The molecule has 3 heteroatoms. The number of hydrogen-bond acceptors (Lipinski definition) is 3. The van der Waals surface area contributed by atoms with Gasteiger partial charge in [0.2, 0.25) is 0 Å². The highest BCUT2D eigenvalue weighted by Gasteiger charge is 2.33. The van der Waals surface area contributed by atoms with Gasteiger partial charge in [0.25, 0.3) is 0 Å². The average Bonchev–Trinajstić information content (AvgIpc) is 2.27. The van der Waals surface area contributed by atoms with E-state index >= 15 is 0 Å². The number of rotatable bonds is 3. The van der Waals surface area contributed by atoms with Crippen molar-refractivity contribution in [3.8, 4) is 5.75 Å². The minimum Gasteiger partial charge on any atom is -0.426 e. The Labute approximate surface area is 102 Å². The molecule has 3 nitrogen and oxygen atoms in total. The van der Waals surface area contributed by atoms with Crippen LogP contribution in [0, 0.1) is 11.3 Å². The number of benzene rings is 1. The third kappa shape index (κ3) is 3.86. The van der Waals surface area contributed by atoms with Crippen LogP contribution in [0.25, 0.3) is 0 Å². The number of aliphatic hydroxyl groups is 1. The molecule has 0 saturated heterocycles. The van der Waals surface area contributed by atoms with E-state index in [0.717, 1.165) is 0 Å². The Morgan fingerprint density at radius 2 is 1.76 bits per heavy atom. The fourth-order valence-corrected chi connectivity index (χ4v) is 1.58. The maximum atomic E-state index is 11.8. The van der Waals surface area contributed by atoms with E-state index in [2.05, 4.69) is 0 Å². The zero-order valence-corrected chi connectivity index (χ0v) is 10.8. The Morgan fingerprint density at radius 1 is 1.24 bits per heavy atom. The Bertz CT molecular complexity index is 365. The van der Waals surface area contributed by atoms with E-state index in [1.807, 2.05) is 26.8 Å². The Balaban J connectivity index is 2.65. The third-order valence-corrected chi connectivity index (χ3v) is 2.69. The molecule has 0 fully saturated rings. The van der Waals surface area contributed by atoms with Crippen LogP contribution in [0.4, 0.5) is 0 Å². The molecule has 0 bridgehead atoms. The van der Waals surface area contributed by atoms with Crippen molar-refractivity contribution in [2.75, 3.05) is 0 Å². The van der Waals surface area contributed by atoms with E-state index in [1.54, 1.807) is 31.2 Å². The van der Waals surface area contributed by atoms with E-state index in [-0.39, 0.29) is 5.41 Å². The molecule has 0 aliphatic carbocycles. The number of para-hydroxylation sites is 1. The van der Waals surface area contributed by atoms with Gasteiger partial charge in [0, 0.05) is 0 Å². The molecule has 94 valence electrons. The molecule has 0 aliphatic rings. The fourth-order valence-electron chi connectivity index (χ4n) is 1.58. The number of esters is 1. The second-order valence-electron chi connectivity index (χ2n) is 5.33. The van der Waals surface area contributed by atoms with Gasteiger partial charge in [-0.3, -0.25) is 4.79 Å². The van der Waals surface area contributed by atoms with Crippen LogP contribution in [0.3, 0.4) is 0 Å². The first-order valence-corrected chi connectivity index (χ1v) is 5.77. The summed E-state index contributed by atoms with van der Waals surface area (Å²) in [6, 6.07) is 8.88. The van der Waals surface area contributed by atoms with Crippen LogP contribution in [-0.2, 0) is 4.79 Å². The monoisotopic (exact) mass is 236 g/mol. The predicted molar refractivity (Wildman–Crippen MR) is 66.7 cm³/mol. The van der Waals surface area contributed by atoms with Crippen LogP contribution in [0.15, 0.2) is 30.3 Å². The lowest BCUT2D eigenvalue weighted by Crippen LogP contribution is -2.38. The van der Waals surface area contributed by atoms with Crippen LogP contribution in [-0.4, -0.2) is 17.2 Å². The molecule has 0 unspecified atom stereocenters. The van der Waals surface area contributed by atoms with E-state index in [1.165, 1.54) is 0 Å².